The summed E-state index contributed by atoms with van der Waals surface area (Å²) in [6.45, 7) is 1.74. The molecule has 3 aliphatic rings. The Bertz CT molecular complexity index is 2100. The second-order valence-corrected chi connectivity index (χ2v) is 12.9. The second-order valence-electron chi connectivity index (χ2n) is 12.9. The van der Waals surface area contributed by atoms with Crippen LogP contribution >= 0.6 is 0 Å². The van der Waals surface area contributed by atoms with Crippen molar-refractivity contribution in [2.24, 2.45) is 10.8 Å². The molecule has 0 saturated heterocycles. The number of imide groups is 1. The maximum atomic E-state index is 13.6. The van der Waals surface area contributed by atoms with E-state index in [4.69, 9.17) is 10.8 Å². The summed E-state index contributed by atoms with van der Waals surface area (Å²) in [7, 11) is 0. The smallest absolute Gasteiger partial charge is 0.262 e. The van der Waals surface area contributed by atoms with Crippen LogP contribution in [-0.4, -0.2) is 43.6 Å². The van der Waals surface area contributed by atoms with Gasteiger partial charge in [0, 0.05) is 48.1 Å². The molecule has 5 aromatic rings. The minimum absolute atomic E-state index is 0.243. The molecule has 4 heterocycles. The number of allylic oxidation sites excluding steroid dienone is 1. The minimum Gasteiger partial charge on any atom is -0.390 e. The Balaban J connectivity index is 1.19. The fourth-order valence-electron chi connectivity index (χ4n) is 7.27. The summed E-state index contributed by atoms with van der Waals surface area (Å²) in [5.74, 6) is 7.12. The van der Waals surface area contributed by atoms with E-state index in [1.54, 1.807) is 49.8 Å². The van der Waals surface area contributed by atoms with Gasteiger partial charge in [-0.05, 0) is 66.4 Å². The lowest BCUT2D eigenvalue weighted by atomic mass is 9.61. The molecule has 2 amide bonds. The Morgan fingerprint density at radius 1 is 0.833 bits per heavy atom. The third-order valence-electron chi connectivity index (χ3n) is 9.46. The number of benzene rings is 3. The number of aliphatic hydroxyl groups is 1. The lowest BCUT2D eigenvalue weighted by Crippen LogP contribution is -2.63. The molecule has 9 heteroatoms. The van der Waals surface area contributed by atoms with Crippen molar-refractivity contribution in [3.05, 3.63) is 149 Å². The monoisotopic (exact) mass is 632 g/mol. The average molecular weight is 633 g/mol. The van der Waals surface area contributed by atoms with E-state index in [2.05, 4.69) is 9.98 Å². The summed E-state index contributed by atoms with van der Waals surface area (Å²) in [5, 5.41) is 12.4. The van der Waals surface area contributed by atoms with Crippen molar-refractivity contribution >= 4 is 23.8 Å². The van der Waals surface area contributed by atoms with Gasteiger partial charge in [0.1, 0.15) is 5.82 Å². The number of carbonyl (C=O) groups is 2. The van der Waals surface area contributed by atoms with Gasteiger partial charge in [0.25, 0.3) is 11.8 Å². The number of fused-ring (bicyclic) bond motifs is 2. The van der Waals surface area contributed by atoms with E-state index in [1.807, 2.05) is 78.9 Å². The predicted molar refractivity (Wildman–Crippen MR) is 184 cm³/mol. The second kappa shape index (κ2) is 11.2. The molecule has 0 spiro atoms. The van der Waals surface area contributed by atoms with Crippen molar-refractivity contribution in [1.82, 2.24) is 14.9 Å². The average Bonchev–Trinajstić information content (AvgIpc) is 3.36. The summed E-state index contributed by atoms with van der Waals surface area (Å²) in [6.07, 6.45) is 8.39. The SMILES string of the molecule is CC1(O)CC(c2ccc(-c3nc4c(cc3-c3ccccc3)C=N/C(=C/Cc3ccncc3)N4N)cc2)(N2C(=O)c3ccccc3C2=O)C1. The van der Waals surface area contributed by atoms with E-state index in [9.17, 15) is 14.7 Å². The van der Waals surface area contributed by atoms with Gasteiger partial charge in [-0.2, -0.15) is 0 Å². The van der Waals surface area contributed by atoms with Crippen LogP contribution in [-0.2, 0) is 12.0 Å². The number of nitrogens with two attached hydrogens (primary N) is 1. The highest BCUT2D eigenvalue weighted by Gasteiger charge is 2.60. The molecule has 0 unspecified atom stereocenters. The normalized spacial score (nSPS) is 22.1. The Hall–Kier alpha value is -5.77. The van der Waals surface area contributed by atoms with Crippen LogP contribution in [0.3, 0.4) is 0 Å². The first-order chi connectivity index (χ1) is 23.2. The van der Waals surface area contributed by atoms with Crippen LogP contribution in [0.15, 0.2) is 126 Å². The molecule has 236 valence electrons. The molecule has 1 saturated carbocycles. The van der Waals surface area contributed by atoms with Gasteiger partial charge in [0.05, 0.1) is 28.0 Å². The van der Waals surface area contributed by atoms with Crippen molar-refractivity contribution < 1.29 is 14.7 Å². The van der Waals surface area contributed by atoms with Crippen LogP contribution in [0, 0.1) is 0 Å². The van der Waals surface area contributed by atoms with Crippen LogP contribution in [0.5, 0.6) is 0 Å². The van der Waals surface area contributed by atoms with E-state index < -0.39 is 11.1 Å². The third kappa shape index (κ3) is 4.83. The van der Waals surface area contributed by atoms with Gasteiger partial charge in [0.15, 0.2) is 5.82 Å². The summed E-state index contributed by atoms with van der Waals surface area (Å²) in [5.41, 5.74) is 4.91. The molecule has 8 rings (SSSR count). The first kappa shape index (κ1) is 29.6. The molecule has 1 aliphatic carbocycles. The van der Waals surface area contributed by atoms with Crippen molar-refractivity contribution in [3.8, 4) is 22.4 Å². The van der Waals surface area contributed by atoms with Gasteiger partial charge in [0.2, 0.25) is 0 Å². The number of amides is 2. The molecule has 1 fully saturated rings. The summed E-state index contributed by atoms with van der Waals surface area (Å²) in [4.78, 5) is 42.4. The van der Waals surface area contributed by atoms with Gasteiger partial charge in [-0.1, -0.05) is 66.7 Å². The van der Waals surface area contributed by atoms with Crippen molar-refractivity contribution in [3.63, 3.8) is 0 Å². The maximum Gasteiger partial charge on any atom is 0.262 e. The number of aliphatic imine (C=N–C) groups is 1. The Morgan fingerprint density at radius 3 is 2.12 bits per heavy atom. The number of aromatic nitrogens is 2. The number of anilines is 1. The standard InChI is InChI=1S/C39H32N6O3/c1-38(48)23-39(24-38,44-36(46)30-9-5-6-10-31(30)37(44)47)29-14-12-27(13-15-29)34-32(26-7-3-2-4-8-26)21-28-22-42-33(45(40)35(28)43-34)16-11-25-17-19-41-20-18-25/h2-10,12-22,48H,11,23-24,40H2,1H3/b33-16-. The number of hydrogen-bond donors (Lipinski definition) is 2. The van der Waals surface area contributed by atoms with E-state index >= 15 is 0 Å². The first-order valence-corrected chi connectivity index (χ1v) is 15.8. The Labute approximate surface area is 277 Å². The van der Waals surface area contributed by atoms with Crippen LogP contribution < -0.4 is 10.9 Å². The Morgan fingerprint density at radius 2 is 1.48 bits per heavy atom. The molecule has 3 aromatic carbocycles. The summed E-state index contributed by atoms with van der Waals surface area (Å²) in [6, 6.07) is 30.6. The highest BCUT2D eigenvalue weighted by Crippen LogP contribution is 2.54. The lowest BCUT2D eigenvalue weighted by molar-refractivity contribution is -0.118. The molecule has 3 N–H and O–H groups in total. The van der Waals surface area contributed by atoms with Crippen molar-refractivity contribution in [1.29, 1.82) is 0 Å². The Kier molecular flexibility index (Phi) is 6.90. The van der Waals surface area contributed by atoms with Crippen LogP contribution in [0.2, 0.25) is 0 Å². The molecule has 9 nitrogen and oxygen atoms in total. The highest BCUT2D eigenvalue weighted by atomic mass is 16.3. The highest BCUT2D eigenvalue weighted by molar-refractivity contribution is 6.22. The van der Waals surface area contributed by atoms with Crippen LogP contribution in [0.1, 0.15) is 57.2 Å². The topological polar surface area (TPSA) is 125 Å². The number of hydrogen-bond acceptors (Lipinski definition) is 8. The zero-order chi connectivity index (χ0) is 33.0. The molecule has 0 radical (unpaired) electrons. The first-order valence-electron chi connectivity index (χ1n) is 15.8. The fraction of sp³-hybridized carbons (Fsp3) is 0.154. The number of hydrazine groups is 1. The summed E-state index contributed by atoms with van der Waals surface area (Å²) < 4.78 is 0. The molecule has 0 bridgehead atoms. The number of nitrogens with zero attached hydrogens (tertiary/aromatic N) is 5. The number of carbonyl (C=O) groups excluding carboxylic acids is 2. The van der Waals surface area contributed by atoms with E-state index in [0.717, 1.165) is 39.1 Å². The number of pyridine rings is 2. The van der Waals surface area contributed by atoms with Crippen molar-refractivity contribution in [2.45, 2.75) is 37.3 Å². The quantitative estimate of drug-likeness (QED) is 0.173. The van der Waals surface area contributed by atoms with Gasteiger partial charge in [-0.25, -0.2) is 20.8 Å². The lowest BCUT2D eigenvalue weighted by Gasteiger charge is -2.55. The largest absolute Gasteiger partial charge is 0.390 e. The molecule has 2 aromatic heterocycles. The summed E-state index contributed by atoms with van der Waals surface area (Å²) >= 11 is 0. The van der Waals surface area contributed by atoms with Crippen LogP contribution in [0.25, 0.3) is 22.4 Å². The minimum atomic E-state index is -1.01. The van der Waals surface area contributed by atoms with Crippen LogP contribution in [0.4, 0.5) is 5.82 Å². The zero-order valence-electron chi connectivity index (χ0n) is 26.2. The third-order valence-corrected chi connectivity index (χ3v) is 9.46. The van der Waals surface area contributed by atoms with Gasteiger partial charge >= 0.3 is 0 Å². The van der Waals surface area contributed by atoms with Gasteiger partial charge < -0.3 is 5.11 Å². The zero-order valence-corrected chi connectivity index (χ0v) is 26.2. The predicted octanol–water partition coefficient (Wildman–Crippen LogP) is 6.04. The molecule has 2 aliphatic heterocycles. The fourth-order valence-corrected chi connectivity index (χ4v) is 7.27. The van der Waals surface area contributed by atoms with Gasteiger partial charge in [-0.15, -0.1) is 0 Å². The van der Waals surface area contributed by atoms with E-state index in [1.165, 1.54) is 9.91 Å². The van der Waals surface area contributed by atoms with Crippen molar-refractivity contribution in [2.75, 3.05) is 5.01 Å². The van der Waals surface area contributed by atoms with E-state index in [-0.39, 0.29) is 24.7 Å². The molecule has 0 atom stereocenters. The maximum absolute atomic E-state index is 13.6. The van der Waals surface area contributed by atoms with E-state index in [0.29, 0.717) is 29.2 Å². The van der Waals surface area contributed by atoms with Gasteiger partial charge in [-0.3, -0.25) is 19.5 Å². The molecular weight excluding hydrogens is 600 g/mol. The number of rotatable bonds is 6. The molecule has 48 heavy (non-hydrogen) atoms. The molecular formula is C39H32N6O3.